The molecular weight excluding hydrogens is 392 g/mol. The van der Waals surface area contributed by atoms with E-state index >= 15 is 0 Å². The molecule has 2 aromatic heterocycles. The van der Waals surface area contributed by atoms with Crippen LogP contribution < -0.4 is 10.2 Å². The lowest BCUT2D eigenvalue weighted by molar-refractivity contribution is -0.125. The van der Waals surface area contributed by atoms with Gasteiger partial charge in [0.05, 0.1) is 4.88 Å². The Bertz CT molecular complexity index is 905. The van der Waals surface area contributed by atoms with Crippen molar-refractivity contribution in [1.29, 1.82) is 0 Å². The molecule has 1 N–H and O–H groups in total. The molecule has 28 heavy (non-hydrogen) atoms. The number of carbonyl (C=O) groups is 1. The minimum Gasteiger partial charge on any atom is -0.355 e. The van der Waals surface area contributed by atoms with E-state index in [1.807, 2.05) is 53.9 Å². The first kappa shape index (κ1) is 18.9. The second-order valence-electron chi connectivity index (χ2n) is 6.86. The van der Waals surface area contributed by atoms with Crippen LogP contribution in [0.2, 0.25) is 5.02 Å². The number of piperidine rings is 1. The molecule has 0 radical (unpaired) electrons. The van der Waals surface area contributed by atoms with Crippen LogP contribution in [-0.4, -0.2) is 29.2 Å². The molecule has 1 amide bonds. The zero-order valence-corrected chi connectivity index (χ0v) is 16.9. The largest absolute Gasteiger partial charge is 0.355 e. The van der Waals surface area contributed by atoms with Gasteiger partial charge in [-0.25, -0.2) is 0 Å². The summed E-state index contributed by atoms with van der Waals surface area (Å²) < 4.78 is 0. The number of anilines is 1. The van der Waals surface area contributed by atoms with Crippen LogP contribution in [0.5, 0.6) is 0 Å². The molecule has 0 bridgehead atoms. The minimum atomic E-state index is 0.0434. The summed E-state index contributed by atoms with van der Waals surface area (Å²) in [7, 11) is 0. The van der Waals surface area contributed by atoms with Gasteiger partial charge in [-0.15, -0.1) is 21.5 Å². The minimum absolute atomic E-state index is 0.0434. The van der Waals surface area contributed by atoms with Gasteiger partial charge in [-0.1, -0.05) is 29.8 Å². The van der Waals surface area contributed by atoms with Crippen molar-refractivity contribution in [3.8, 4) is 10.6 Å². The van der Waals surface area contributed by atoms with Crippen molar-refractivity contribution in [2.24, 2.45) is 5.92 Å². The first-order chi connectivity index (χ1) is 13.7. The summed E-state index contributed by atoms with van der Waals surface area (Å²) in [6, 6.07) is 15.6. The molecule has 1 fully saturated rings. The number of nitrogens with zero attached hydrogens (tertiary/aromatic N) is 3. The number of rotatable bonds is 5. The van der Waals surface area contributed by atoms with E-state index in [0.717, 1.165) is 47.9 Å². The number of aromatic nitrogens is 2. The number of halogens is 1. The highest BCUT2D eigenvalue weighted by molar-refractivity contribution is 7.13. The van der Waals surface area contributed by atoms with E-state index in [9.17, 15) is 4.79 Å². The number of hydrogen-bond donors (Lipinski definition) is 1. The number of carbonyl (C=O) groups excluding carboxylic acids is 1. The Morgan fingerprint density at radius 3 is 2.54 bits per heavy atom. The fourth-order valence-corrected chi connectivity index (χ4v) is 4.17. The van der Waals surface area contributed by atoms with Crippen LogP contribution >= 0.6 is 22.9 Å². The van der Waals surface area contributed by atoms with Gasteiger partial charge in [-0.2, -0.15) is 0 Å². The lowest BCUT2D eigenvalue weighted by Crippen LogP contribution is -2.40. The van der Waals surface area contributed by atoms with Gasteiger partial charge < -0.3 is 10.2 Å². The standard InChI is InChI=1S/C21H21ClN4OS/c22-17-5-3-15(4-6-17)14-23-21(27)16-9-11-26(12-10-16)20-8-7-18(24-25-20)19-2-1-13-28-19/h1-8,13,16H,9-12,14H2,(H,23,27). The maximum Gasteiger partial charge on any atom is 0.223 e. The highest BCUT2D eigenvalue weighted by Crippen LogP contribution is 2.25. The number of thiophene rings is 1. The molecule has 0 atom stereocenters. The van der Waals surface area contributed by atoms with E-state index in [2.05, 4.69) is 20.4 Å². The average Bonchev–Trinajstić information content (AvgIpc) is 3.28. The number of benzene rings is 1. The quantitative estimate of drug-likeness (QED) is 0.675. The Morgan fingerprint density at radius 2 is 1.89 bits per heavy atom. The van der Waals surface area contributed by atoms with Crippen molar-refractivity contribution < 1.29 is 4.79 Å². The van der Waals surface area contributed by atoms with Crippen molar-refractivity contribution in [2.45, 2.75) is 19.4 Å². The van der Waals surface area contributed by atoms with Gasteiger partial charge in [-0.3, -0.25) is 4.79 Å². The molecule has 4 rings (SSSR count). The Balaban J connectivity index is 1.28. The van der Waals surface area contributed by atoms with Crippen molar-refractivity contribution in [3.63, 3.8) is 0 Å². The Labute approximate surface area is 173 Å². The molecule has 0 aliphatic carbocycles. The molecule has 1 saturated heterocycles. The first-order valence-corrected chi connectivity index (χ1v) is 10.6. The summed E-state index contributed by atoms with van der Waals surface area (Å²) in [6.45, 7) is 2.16. The third-order valence-electron chi connectivity index (χ3n) is 4.99. The molecule has 7 heteroatoms. The van der Waals surface area contributed by atoms with Gasteiger partial charge in [0.15, 0.2) is 5.82 Å². The van der Waals surface area contributed by atoms with E-state index < -0.39 is 0 Å². The van der Waals surface area contributed by atoms with Crippen LogP contribution in [0.3, 0.4) is 0 Å². The van der Waals surface area contributed by atoms with Gasteiger partial charge in [-0.05, 0) is 54.1 Å². The van der Waals surface area contributed by atoms with Crippen LogP contribution in [-0.2, 0) is 11.3 Å². The van der Waals surface area contributed by atoms with Crippen LogP contribution in [0.4, 0.5) is 5.82 Å². The molecule has 0 saturated carbocycles. The molecule has 0 spiro atoms. The fraction of sp³-hybridized carbons (Fsp3) is 0.286. The van der Waals surface area contributed by atoms with Gasteiger partial charge in [0.1, 0.15) is 5.69 Å². The molecule has 0 unspecified atom stereocenters. The van der Waals surface area contributed by atoms with Crippen molar-refractivity contribution in [2.75, 3.05) is 18.0 Å². The zero-order valence-electron chi connectivity index (χ0n) is 15.3. The van der Waals surface area contributed by atoms with E-state index in [1.54, 1.807) is 11.3 Å². The highest BCUT2D eigenvalue weighted by Gasteiger charge is 2.25. The third-order valence-corrected chi connectivity index (χ3v) is 6.14. The van der Waals surface area contributed by atoms with E-state index in [0.29, 0.717) is 11.6 Å². The summed E-state index contributed by atoms with van der Waals surface area (Å²) in [5.74, 6) is 1.04. The molecule has 1 aromatic carbocycles. The highest BCUT2D eigenvalue weighted by atomic mass is 35.5. The van der Waals surface area contributed by atoms with Gasteiger partial charge >= 0.3 is 0 Å². The van der Waals surface area contributed by atoms with Gasteiger partial charge in [0.25, 0.3) is 0 Å². The molecule has 3 aromatic rings. The summed E-state index contributed by atoms with van der Waals surface area (Å²) in [6.07, 6.45) is 1.64. The number of amides is 1. The second kappa shape index (κ2) is 8.71. The average molecular weight is 413 g/mol. The normalized spacial score (nSPS) is 14.8. The molecule has 3 heterocycles. The lowest BCUT2D eigenvalue weighted by Gasteiger charge is -2.31. The fourth-order valence-electron chi connectivity index (χ4n) is 3.36. The zero-order chi connectivity index (χ0) is 19.3. The second-order valence-corrected chi connectivity index (χ2v) is 8.24. The summed E-state index contributed by atoms with van der Waals surface area (Å²) in [5.41, 5.74) is 1.95. The third kappa shape index (κ3) is 4.51. The van der Waals surface area contributed by atoms with Gasteiger partial charge in [0.2, 0.25) is 5.91 Å². The summed E-state index contributed by atoms with van der Waals surface area (Å²) in [5, 5.41) is 14.5. The molecule has 1 aliphatic rings. The van der Waals surface area contributed by atoms with Crippen molar-refractivity contribution in [3.05, 3.63) is 64.5 Å². The van der Waals surface area contributed by atoms with Gasteiger partial charge in [0, 0.05) is 30.6 Å². The summed E-state index contributed by atoms with van der Waals surface area (Å²) >= 11 is 7.55. The molecule has 5 nitrogen and oxygen atoms in total. The summed E-state index contributed by atoms with van der Waals surface area (Å²) in [4.78, 5) is 15.8. The van der Waals surface area contributed by atoms with Crippen LogP contribution in [0.25, 0.3) is 10.6 Å². The number of nitrogens with one attached hydrogen (secondary N) is 1. The smallest absolute Gasteiger partial charge is 0.223 e. The Kier molecular flexibility index (Phi) is 5.88. The Morgan fingerprint density at radius 1 is 1.11 bits per heavy atom. The monoisotopic (exact) mass is 412 g/mol. The predicted octanol–water partition coefficient (Wildman–Crippen LogP) is 4.39. The van der Waals surface area contributed by atoms with Crippen LogP contribution in [0.1, 0.15) is 18.4 Å². The lowest BCUT2D eigenvalue weighted by atomic mass is 9.96. The van der Waals surface area contributed by atoms with E-state index in [1.165, 1.54) is 0 Å². The molecule has 144 valence electrons. The van der Waals surface area contributed by atoms with Crippen molar-refractivity contribution in [1.82, 2.24) is 15.5 Å². The van der Waals surface area contributed by atoms with Crippen molar-refractivity contribution >= 4 is 34.7 Å². The first-order valence-electron chi connectivity index (χ1n) is 9.34. The predicted molar refractivity (Wildman–Crippen MR) is 114 cm³/mol. The Hall–Kier alpha value is -2.44. The SMILES string of the molecule is O=C(NCc1ccc(Cl)cc1)C1CCN(c2ccc(-c3cccs3)nn2)CC1. The molecular formula is C21H21ClN4OS. The maximum atomic E-state index is 12.5. The van der Waals surface area contributed by atoms with Crippen LogP contribution in [0.15, 0.2) is 53.9 Å². The molecule has 1 aliphatic heterocycles. The van der Waals surface area contributed by atoms with E-state index in [-0.39, 0.29) is 11.8 Å². The number of hydrogen-bond acceptors (Lipinski definition) is 5. The maximum absolute atomic E-state index is 12.5. The topological polar surface area (TPSA) is 58.1 Å². The van der Waals surface area contributed by atoms with Crippen LogP contribution in [0, 0.1) is 5.92 Å². The van der Waals surface area contributed by atoms with E-state index in [4.69, 9.17) is 11.6 Å².